The van der Waals surface area contributed by atoms with E-state index in [-0.39, 0.29) is 5.75 Å². The van der Waals surface area contributed by atoms with E-state index in [4.69, 9.17) is 10.00 Å². The van der Waals surface area contributed by atoms with Crippen LogP contribution >= 0.6 is 11.3 Å². The second-order valence-corrected chi connectivity index (χ2v) is 5.64. The van der Waals surface area contributed by atoms with E-state index < -0.39 is 0 Å². The van der Waals surface area contributed by atoms with Crippen LogP contribution in [0.5, 0.6) is 17.2 Å². The van der Waals surface area contributed by atoms with Crippen LogP contribution < -0.4 is 4.74 Å². The van der Waals surface area contributed by atoms with Gasteiger partial charge < -0.3 is 9.84 Å². The predicted octanol–water partition coefficient (Wildman–Crippen LogP) is 5.09. The fourth-order valence-corrected chi connectivity index (χ4v) is 2.91. The minimum atomic E-state index is 0.0595. The highest BCUT2D eigenvalue weighted by molar-refractivity contribution is 7.08. The van der Waals surface area contributed by atoms with Gasteiger partial charge in [-0.05, 0) is 64.7 Å². The zero-order chi connectivity index (χ0) is 15.5. The highest BCUT2D eigenvalue weighted by atomic mass is 32.1. The third-order valence-electron chi connectivity index (χ3n) is 3.37. The molecule has 2 aromatic carbocycles. The summed E-state index contributed by atoms with van der Waals surface area (Å²) in [5, 5.41) is 23.3. The first-order valence-corrected chi connectivity index (χ1v) is 7.66. The van der Waals surface area contributed by atoms with Crippen molar-refractivity contribution in [3.8, 4) is 34.4 Å². The number of phenols is 1. The zero-order valence-corrected chi connectivity index (χ0v) is 12.7. The molecule has 0 saturated heterocycles. The van der Waals surface area contributed by atoms with E-state index >= 15 is 0 Å². The fraction of sp³-hybridized carbons (Fsp3) is 0.0556. The molecule has 0 bridgehead atoms. The van der Waals surface area contributed by atoms with Crippen molar-refractivity contribution in [2.75, 3.05) is 0 Å². The molecule has 0 spiro atoms. The first-order valence-electron chi connectivity index (χ1n) is 6.72. The lowest BCUT2D eigenvalue weighted by molar-refractivity contribution is 0.410. The van der Waals surface area contributed by atoms with Crippen LogP contribution in [-0.2, 0) is 0 Å². The van der Waals surface area contributed by atoms with Crippen molar-refractivity contribution in [2.45, 2.75) is 6.92 Å². The summed E-state index contributed by atoms with van der Waals surface area (Å²) in [4.78, 5) is 0. The second kappa shape index (κ2) is 5.92. The molecule has 0 aliphatic heterocycles. The molecule has 4 heteroatoms. The lowest BCUT2D eigenvalue weighted by Crippen LogP contribution is -1.91. The lowest BCUT2D eigenvalue weighted by atomic mass is 10.0. The van der Waals surface area contributed by atoms with Crippen molar-refractivity contribution in [1.29, 1.82) is 5.26 Å². The molecule has 1 aromatic heterocycles. The van der Waals surface area contributed by atoms with Gasteiger partial charge in [0, 0.05) is 0 Å². The highest BCUT2D eigenvalue weighted by Gasteiger charge is 2.12. The molecule has 108 valence electrons. The van der Waals surface area contributed by atoms with Gasteiger partial charge >= 0.3 is 0 Å². The van der Waals surface area contributed by atoms with E-state index in [1.807, 2.05) is 23.8 Å². The number of benzene rings is 2. The van der Waals surface area contributed by atoms with E-state index in [2.05, 4.69) is 6.07 Å². The number of aryl methyl sites for hydroxylation is 1. The second-order valence-electron chi connectivity index (χ2n) is 4.86. The number of para-hydroxylation sites is 1. The normalized spacial score (nSPS) is 10.2. The smallest absolute Gasteiger partial charge is 0.169 e. The van der Waals surface area contributed by atoms with Crippen molar-refractivity contribution in [3.05, 3.63) is 64.4 Å². The van der Waals surface area contributed by atoms with Gasteiger partial charge in [-0.3, -0.25) is 0 Å². The Morgan fingerprint density at radius 1 is 1.14 bits per heavy atom. The molecule has 3 rings (SSSR count). The molecular formula is C18H13NO2S. The van der Waals surface area contributed by atoms with E-state index in [0.717, 1.165) is 16.7 Å². The Hall–Kier alpha value is -2.77. The largest absolute Gasteiger partial charge is 0.504 e. The maximum absolute atomic E-state index is 10.1. The van der Waals surface area contributed by atoms with Gasteiger partial charge in [0.1, 0.15) is 11.8 Å². The topological polar surface area (TPSA) is 53.2 Å². The van der Waals surface area contributed by atoms with E-state index in [1.54, 1.807) is 47.7 Å². The maximum Gasteiger partial charge on any atom is 0.169 e. The minimum Gasteiger partial charge on any atom is -0.504 e. The van der Waals surface area contributed by atoms with Crippen molar-refractivity contribution < 1.29 is 9.84 Å². The van der Waals surface area contributed by atoms with Gasteiger partial charge in [-0.15, -0.1) is 0 Å². The maximum atomic E-state index is 10.1. The zero-order valence-electron chi connectivity index (χ0n) is 11.9. The van der Waals surface area contributed by atoms with E-state index in [0.29, 0.717) is 17.1 Å². The van der Waals surface area contributed by atoms with Gasteiger partial charge in [-0.2, -0.15) is 16.6 Å². The molecule has 0 unspecified atom stereocenters. The first-order chi connectivity index (χ1) is 10.7. The molecule has 0 saturated carbocycles. The Labute approximate surface area is 132 Å². The van der Waals surface area contributed by atoms with Crippen molar-refractivity contribution >= 4 is 11.3 Å². The summed E-state index contributed by atoms with van der Waals surface area (Å²) in [5.41, 5.74) is 3.49. The molecule has 0 atom stereocenters. The van der Waals surface area contributed by atoms with Gasteiger partial charge in [0.25, 0.3) is 0 Å². The molecule has 0 amide bonds. The van der Waals surface area contributed by atoms with Gasteiger partial charge in [-0.25, -0.2) is 0 Å². The molecule has 3 nitrogen and oxygen atoms in total. The number of nitrogens with zero attached hydrogens (tertiary/aromatic N) is 1. The summed E-state index contributed by atoms with van der Waals surface area (Å²) >= 11 is 1.62. The van der Waals surface area contributed by atoms with Crippen LogP contribution in [0.25, 0.3) is 11.1 Å². The minimum absolute atomic E-state index is 0.0595. The number of hydrogen-bond acceptors (Lipinski definition) is 4. The number of hydrogen-bond donors (Lipinski definition) is 1. The highest BCUT2D eigenvalue weighted by Crippen LogP contribution is 2.38. The lowest BCUT2D eigenvalue weighted by Gasteiger charge is -2.12. The Kier molecular flexibility index (Phi) is 3.82. The standard InChI is InChI=1S/C18H13NO2S/c1-12-8-16(20)18(9-15(12)14-6-7-22-11-14)21-17-5-3-2-4-13(17)10-19/h2-9,11,20H,1H3. The Bertz CT molecular complexity index is 848. The number of ether oxygens (including phenoxy) is 1. The molecule has 22 heavy (non-hydrogen) atoms. The van der Waals surface area contributed by atoms with Crippen LogP contribution in [-0.4, -0.2) is 5.11 Å². The van der Waals surface area contributed by atoms with E-state index in [9.17, 15) is 5.11 Å². The summed E-state index contributed by atoms with van der Waals surface area (Å²) in [5.74, 6) is 0.833. The summed E-state index contributed by atoms with van der Waals surface area (Å²) in [6.45, 7) is 1.94. The molecule has 3 aromatic rings. The number of aromatic hydroxyl groups is 1. The van der Waals surface area contributed by atoms with Gasteiger partial charge in [0.05, 0.1) is 5.56 Å². The van der Waals surface area contributed by atoms with Crippen LogP contribution in [0, 0.1) is 18.3 Å². The molecule has 0 radical (unpaired) electrons. The number of phenolic OH excluding ortho intramolecular Hbond substituents is 1. The van der Waals surface area contributed by atoms with Crippen LogP contribution in [0.3, 0.4) is 0 Å². The Morgan fingerprint density at radius 3 is 2.68 bits per heavy atom. The van der Waals surface area contributed by atoms with Crippen LogP contribution in [0.2, 0.25) is 0 Å². The monoisotopic (exact) mass is 307 g/mol. The van der Waals surface area contributed by atoms with Crippen molar-refractivity contribution in [3.63, 3.8) is 0 Å². The summed E-state index contributed by atoms with van der Waals surface area (Å²) in [7, 11) is 0. The van der Waals surface area contributed by atoms with Gasteiger partial charge in [-0.1, -0.05) is 12.1 Å². The number of thiophene rings is 1. The molecular weight excluding hydrogens is 294 g/mol. The molecule has 0 fully saturated rings. The first kappa shape index (κ1) is 14.2. The Morgan fingerprint density at radius 2 is 1.95 bits per heavy atom. The van der Waals surface area contributed by atoms with Gasteiger partial charge in [0.15, 0.2) is 11.5 Å². The molecule has 0 aliphatic rings. The average Bonchev–Trinajstić information content (AvgIpc) is 3.04. The molecule has 1 N–H and O–H groups in total. The van der Waals surface area contributed by atoms with E-state index in [1.165, 1.54) is 0 Å². The third-order valence-corrected chi connectivity index (χ3v) is 4.05. The van der Waals surface area contributed by atoms with Gasteiger partial charge in [0.2, 0.25) is 0 Å². The molecule has 0 aliphatic carbocycles. The van der Waals surface area contributed by atoms with Crippen LogP contribution in [0.1, 0.15) is 11.1 Å². The van der Waals surface area contributed by atoms with Crippen LogP contribution in [0.4, 0.5) is 0 Å². The summed E-state index contributed by atoms with van der Waals surface area (Å²) < 4.78 is 5.76. The average molecular weight is 307 g/mol. The summed E-state index contributed by atoms with van der Waals surface area (Å²) in [6, 6.07) is 14.6. The summed E-state index contributed by atoms with van der Waals surface area (Å²) in [6.07, 6.45) is 0. The predicted molar refractivity (Wildman–Crippen MR) is 87.4 cm³/mol. The van der Waals surface area contributed by atoms with Crippen molar-refractivity contribution in [1.82, 2.24) is 0 Å². The van der Waals surface area contributed by atoms with Crippen LogP contribution in [0.15, 0.2) is 53.2 Å². The third kappa shape index (κ3) is 2.67. The SMILES string of the molecule is Cc1cc(O)c(Oc2ccccc2C#N)cc1-c1ccsc1. The number of nitriles is 1. The fourth-order valence-electron chi connectivity index (χ4n) is 2.25. The number of rotatable bonds is 3. The van der Waals surface area contributed by atoms with Crippen molar-refractivity contribution in [2.24, 2.45) is 0 Å². The molecule has 1 heterocycles. The quantitative estimate of drug-likeness (QED) is 0.733. The Balaban J connectivity index is 2.04.